The number of aromatic nitrogens is 4. The fraction of sp³-hybridized carbons (Fsp3) is 0.0833. The highest BCUT2D eigenvalue weighted by molar-refractivity contribution is 6.33. The zero-order valence-corrected chi connectivity index (χ0v) is 9.89. The Labute approximate surface area is 103 Å². The molecule has 3 aromatic rings. The molecule has 0 unspecified atom stereocenters. The average molecular weight is 245 g/mol. The molecule has 0 bridgehead atoms. The molecule has 2 aromatic heterocycles. The molecule has 2 heterocycles. The summed E-state index contributed by atoms with van der Waals surface area (Å²) in [6.07, 6.45) is 1.69. The maximum absolute atomic E-state index is 6.15. The van der Waals surface area contributed by atoms with E-state index < -0.39 is 0 Å². The standard InChI is InChI=1S/C12H9ClN4/c1-17-10-9(7-14-17)15-12(16-11(10)13)8-5-3-2-4-6-8/h2-7H,1H3. The first-order chi connectivity index (χ1) is 8.25. The van der Waals surface area contributed by atoms with Crippen molar-refractivity contribution in [1.29, 1.82) is 0 Å². The fourth-order valence-corrected chi connectivity index (χ4v) is 2.05. The highest BCUT2D eigenvalue weighted by atomic mass is 35.5. The van der Waals surface area contributed by atoms with Crippen molar-refractivity contribution in [2.45, 2.75) is 0 Å². The van der Waals surface area contributed by atoms with E-state index in [2.05, 4.69) is 15.1 Å². The minimum atomic E-state index is 0.425. The number of hydrogen-bond acceptors (Lipinski definition) is 3. The van der Waals surface area contributed by atoms with Crippen LogP contribution in [0.25, 0.3) is 22.4 Å². The van der Waals surface area contributed by atoms with Crippen molar-refractivity contribution in [3.63, 3.8) is 0 Å². The van der Waals surface area contributed by atoms with Crippen LogP contribution in [-0.4, -0.2) is 19.7 Å². The van der Waals surface area contributed by atoms with E-state index in [1.807, 2.05) is 37.4 Å². The molecule has 0 atom stereocenters. The van der Waals surface area contributed by atoms with Gasteiger partial charge >= 0.3 is 0 Å². The summed E-state index contributed by atoms with van der Waals surface area (Å²) in [5.41, 5.74) is 2.46. The summed E-state index contributed by atoms with van der Waals surface area (Å²) in [5.74, 6) is 0.621. The van der Waals surface area contributed by atoms with Gasteiger partial charge in [-0.3, -0.25) is 4.68 Å². The van der Waals surface area contributed by atoms with Crippen LogP contribution in [0.3, 0.4) is 0 Å². The molecular weight excluding hydrogens is 236 g/mol. The van der Waals surface area contributed by atoms with Gasteiger partial charge in [0, 0.05) is 12.6 Å². The predicted octanol–water partition coefficient (Wildman–Crippen LogP) is 2.68. The second kappa shape index (κ2) is 3.82. The topological polar surface area (TPSA) is 43.6 Å². The Hall–Kier alpha value is -1.94. The molecule has 0 saturated carbocycles. The van der Waals surface area contributed by atoms with Gasteiger partial charge in [0.2, 0.25) is 0 Å². The molecule has 0 aliphatic heterocycles. The molecule has 0 radical (unpaired) electrons. The molecule has 17 heavy (non-hydrogen) atoms. The molecule has 0 N–H and O–H groups in total. The fourth-order valence-electron chi connectivity index (χ4n) is 1.75. The summed E-state index contributed by atoms with van der Waals surface area (Å²) in [5, 5.41) is 4.55. The molecule has 5 heteroatoms. The Morgan fingerprint density at radius 1 is 1.12 bits per heavy atom. The number of rotatable bonds is 1. The van der Waals surface area contributed by atoms with E-state index in [1.54, 1.807) is 10.9 Å². The van der Waals surface area contributed by atoms with Gasteiger partial charge in [-0.2, -0.15) is 5.10 Å². The SMILES string of the molecule is Cn1ncc2nc(-c3ccccc3)nc(Cl)c21. The Kier molecular flexibility index (Phi) is 2.30. The van der Waals surface area contributed by atoms with Crippen LogP contribution in [0, 0.1) is 0 Å². The maximum atomic E-state index is 6.15. The van der Waals surface area contributed by atoms with E-state index in [0.717, 1.165) is 16.6 Å². The van der Waals surface area contributed by atoms with E-state index in [4.69, 9.17) is 11.6 Å². The van der Waals surface area contributed by atoms with Gasteiger partial charge in [-0.05, 0) is 0 Å². The van der Waals surface area contributed by atoms with E-state index >= 15 is 0 Å². The monoisotopic (exact) mass is 244 g/mol. The highest BCUT2D eigenvalue weighted by Gasteiger charge is 2.10. The predicted molar refractivity (Wildman–Crippen MR) is 66.8 cm³/mol. The minimum Gasteiger partial charge on any atom is -0.263 e. The van der Waals surface area contributed by atoms with Crippen molar-refractivity contribution in [2.24, 2.45) is 7.05 Å². The minimum absolute atomic E-state index is 0.425. The second-order valence-corrected chi connectivity index (χ2v) is 4.06. The summed E-state index contributed by atoms with van der Waals surface area (Å²) in [6.45, 7) is 0. The number of fused-ring (bicyclic) bond motifs is 1. The molecule has 84 valence electrons. The van der Waals surface area contributed by atoms with Crippen molar-refractivity contribution < 1.29 is 0 Å². The Morgan fingerprint density at radius 2 is 1.88 bits per heavy atom. The van der Waals surface area contributed by atoms with Gasteiger partial charge in [-0.1, -0.05) is 41.9 Å². The number of benzene rings is 1. The zero-order chi connectivity index (χ0) is 11.8. The maximum Gasteiger partial charge on any atom is 0.161 e. The third-order valence-corrected chi connectivity index (χ3v) is 2.84. The lowest BCUT2D eigenvalue weighted by atomic mass is 10.2. The van der Waals surface area contributed by atoms with Gasteiger partial charge in [0.25, 0.3) is 0 Å². The second-order valence-electron chi connectivity index (χ2n) is 3.71. The van der Waals surface area contributed by atoms with Gasteiger partial charge < -0.3 is 0 Å². The lowest BCUT2D eigenvalue weighted by Crippen LogP contribution is -1.94. The molecule has 0 amide bonds. The number of hydrogen-bond donors (Lipinski definition) is 0. The first-order valence-corrected chi connectivity index (χ1v) is 5.54. The summed E-state index contributed by atoms with van der Waals surface area (Å²) in [6, 6.07) is 9.75. The smallest absolute Gasteiger partial charge is 0.161 e. The molecule has 1 aromatic carbocycles. The molecule has 0 spiro atoms. The summed E-state index contributed by atoms with van der Waals surface area (Å²) < 4.78 is 1.67. The molecule has 0 saturated heterocycles. The lowest BCUT2D eigenvalue weighted by molar-refractivity contribution is 0.795. The largest absolute Gasteiger partial charge is 0.263 e. The molecule has 3 rings (SSSR count). The van der Waals surface area contributed by atoms with Crippen LogP contribution in [-0.2, 0) is 7.05 Å². The molecule has 0 aliphatic carbocycles. The van der Waals surface area contributed by atoms with Crippen LogP contribution in [0.5, 0.6) is 0 Å². The quantitative estimate of drug-likeness (QED) is 0.618. The van der Waals surface area contributed by atoms with Gasteiger partial charge in [-0.25, -0.2) is 9.97 Å². The Morgan fingerprint density at radius 3 is 2.65 bits per heavy atom. The normalized spacial score (nSPS) is 10.9. The van der Waals surface area contributed by atoms with Crippen LogP contribution in [0.1, 0.15) is 0 Å². The van der Waals surface area contributed by atoms with Crippen LogP contribution < -0.4 is 0 Å². The van der Waals surface area contributed by atoms with Crippen LogP contribution in [0.15, 0.2) is 36.5 Å². The first-order valence-electron chi connectivity index (χ1n) is 5.16. The zero-order valence-electron chi connectivity index (χ0n) is 9.13. The van der Waals surface area contributed by atoms with Crippen LogP contribution in [0.2, 0.25) is 5.15 Å². The van der Waals surface area contributed by atoms with Crippen molar-refractivity contribution in [3.8, 4) is 11.4 Å². The summed E-state index contributed by atoms with van der Waals surface area (Å²) in [4.78, 5) is 8.75. The molecule has 0 aliphatic rings. The number of aryl methyl sites for hydroxylation is 1. The third kappa shape index (κ3) is 1.66. The van der Waals surface area contributed by atoms with Crippen molar-refractivity contribution in [2.75, 3.05) is 0 Å². The Bertz CT molecular complexity index is 676. The highest BCUT2D eigenvalue weighted by Crippen LogP contribution is 2.23. The van der Waals surface area contributed by atoms with E-state index in [0.29, 0.717) is 11.0 Å². The van der Waals surface area contributed by atoms with Crippen LogP contribution >= 0.6 is 11.6 Å². The third-order valence-electron chi connectivity index (χ3n) is 2.58. The van der Waals surface area contributed by atoms with E-state index in [9.17, 15) is 0 Å². The van der Waals surface area contributed by atoms with Crippen molar-refractivity contribution >= 4 is 22.6 Å². The van der Waals surface area contributed by atoms with Crippen molar-refractivity contribution in [3.05, 3.63) is 41.7 Å². The van der Waals surface area contributed by atoms with E-state index in [-0.39, 0.29) is 0 Å². The van der Waals surface area contributed by atoms with Gasteiger partial charge in [0.15, 0.2) is 11.0 Å². The molecule has 0 fully saturated rings. The van der Waals surface area contributed by atoms with Gasteiger partial charge in [0.05, 0.1) is 6.20 Å². The summed E-state index contributed by atoms with van der Waals surface area (Å²) in [7, 11) is 1.82. The number of halogens is 1. The van der Waals surface area contributed by atoms with E-state index in [1.165, 1.54) is 0 Å². The molecular formula is C12H9ClN4. The summed E-state index contributed by atoms with van der Waals surface area (Å²) >= 11 is 6.15. The van der Waals surface area contributed by atoms with Crippen molar-refractivity contribution in [1.82, 2.24) is 19.7 Å². The Balaban J connectivity index is 2.26. The first kappa shape index (κ1) is 10.2. The van der Waals surface area contributed by atoms with Gasteiger partial charge in [0.1, 0.15) is 11.0 Å². The lowest BCUT2D eigenvalue weighted by Gasteiger charge is -2.02. The average Bonchev–Trinajstić information content (AvgIpc) is 2.73. The number of nitrogens with zero attached hydrogens (tertiary/aromatic N) is 4. The molecule has 4 nitrogen and oxygen atoms in total. The van der Waals surface area contributed by atoms with Crippen LogP contribution in [0.4, 0.5) is 0 Å². The van der Waals surface area contributed by atoms with Gasteiger partial charge in [-0.15, -0.1) is 0 Å².